The summed E-state index contributed by atoms with van der Waals surface area (Å²) in [6, 6.07) is 6.59. The Balaban J connectivity index is 2.44. The molecular weight excluding hydrogens is 211 g/mol. The summed E-state index contributed by atoms with van der Waals surface area (Å²) in [5, 5.41) is 0.158. The van der Waals surface area contributed by atoms with Crippen molar-refractivity contribution in [1.82, 2.24) is 0 Å². The highest BCUT2D eigenvalue weighted by atomic mass is 35.5. The van der Waals surface area contributed by atoms with E-state index in [1.807, 2.05) is 0 Å². The van der Waals surface area contributed by atoms with Gasteiger partial charge in [-0.15, -0.1) is 11.6 Å². The SMILES string of the molecule is CCC(C)CC(Cl)Cc1ccc(F)cc1. The highest BCUT2D eigenvalue weighted by Gasteiger charge is 2.09. The van der Waals surface area contributed by atoms with Crippen LogP contribution in [0.2, 0.25) is 0 Å². The van der Waals surface area contributed by atoms with Gasteiger partial charge in [-0.25, -0.2) is 4.39 Å². The van der Waals surface area contributed by atoms with Gasteiger partial charge in [-0.3, -0.25) is 0 Å². The van der Waals surface area contributed by atoms with E-state index in [9.17, 15) is 4.39 Å². The Labute approximate surface area is 96.5 Å². The standard InChI is InChI=1S/C13H18ClF/c1-3-10(2)8-12(14)9-11-4-6-13(15)7-5-11/h4-7,10,12H,3,8-9H2,1-2H3. The first kappa shape index (κ1) is 12.5. The van der Waals surface area contributed by atoms with Crippen molar-refractivity contribution in [3.8, 4) is 0 Å². The van der Waals surface area contributed by atoms with E-state index in [4.69, 9.17) is 11.6 Å². The second kappa shape index (κ2) is 6.12. The lowest BCUT2D eigenvalue weighted by Crippen LogP contribution is -2.08. The molecule has 1 rings (SSSR count). The molecule has 0 amide bonds. The van der Waals surface area contributed by atoms with Crippen molar-refractivity contribution in [2.24, 2.45) is 5.92 Å². The van der Waals surface area contributed by atoms with Gasteiger partial charge in [-0.1, -0.05) is 32.4 Å². The number of hydrogen-bond acceptors (Lipinski definition) is 0. The molecule has 0 N–H and O–H groups in total. The lowest BCUT2D eigenvalue weighted by atomic mass is 9.99. The molecule has 0 aliphatic heterocycles. The fourth-order valence-electron chi connectivity index (χ4n) is 1.56. The van der Waals surface area contributed by atoms with Crippen LogP contribution in [0, 0.1) is 11.7 Å². The maximum absolute atomic E-state index is 12.7. The lowest BCUT2D eigenvalue weighted by Gasteiger charge is -2.13. The molecule has 0 aliphatic rings. The minimum Gasteiger partial charge on any atom is -0.207 e. The molecule has 2 heteroatoms. The second-order valence-electron chi connectivity index (χ2n) is 4.18. The average Bonchev–Trinajstić information content (AvgIpc) is 2.21. The summed E-state index contributed by atoms with van der Waals surface area (Å²) in [5.74, 6) is 0.472. The Morgan fingerprint density at radius 2 is 1.87 bits per heavy atom. The zero-order valence-corrected chi connectivity index (χ0v) is 10.1. The number of alkyl halides is 1. The number of benzene rings is 1. The maximum atomic E-state index is 12.7. The van der Waals surface area contributed by atoms with Gasteiger partial charge < -0.3 is 0 Å². The van der Waals surface area contributed by atoms with E-state index in [0.717, 1.165) is 24.8 Å². The average molecular weight is 229 g/mol. The molecule has 0 fully saturated rings. The number of halogens is 2. The summed E-state index contributed by atoms with van der Waals surface area (Å²) in [6.07, 6.45) is 3.01. The number of hydrogen-bond donors (Lipinski definition) is 0. The molecule has 0 heterocycles. The van der Waals surface area contributed by atoms with Crippen LogP contribution in [0.15, 0.2) is 24.3 Å². The van der Waals surface area contributed by atoms with E-state index in [-0.39, 0.29) is 11.2 Å². The molecular formula is C13H18ClF. The second-order valence-corrected chi connectivity index (χ2v) is 4.79. The lowest BCUT2D eigenvalue weighted by molar-refractivity contribution is 0.500. The highest BCUT2D eigenvalue weighted by molar-refractivity contribution is 6.20. The van der Waals surface area contributed by atoms with E-state index < -0.39 is 0 Å². The molecule has 0 aliphatic carbocycles. The third kappa shape index (κ3) is 4.65. The van der Waals surface area contributed by atoms with E-state index in [1.54, 1.807) is 12.1 Å². The van der Waals surface area contributed by atoms with Gasteiger partial charge in [0.15, 0.2) is 0 Å². The Bertz CT molecular complexity index is 281. The van der Waals surface area contributed by atoms with Crippen molar-refractivity contribution in [3.63, 3.8) is 0 Å². The van der Waals surface area contributed by atoms with Gasteiger partial charge in [0.05, 0.1) is 0 Å². The molecule has 84 valence electrons. The van der Waals surface area contributed by atoms with Crippen molar-refractivity contribution >= 4 is 11.6 Å². The number of rotatable bonds is 5. The van der Waals surface area contributed by atoms with Crippen LogP contribution < -0.4 is 0 Å². The normalized spacial score (nSPS) is 14.9. The van der Waals surface area contributed by atoms with Gasteiger partial charge in [-0.05, 0) is 36.5 Å². The van der Waals surface area contributed by atoms with Crippen molar-refractivity contribution in [2.45, 2.75) is 38.5 Å². The molecule has 0 radical (unpaired) electrons. The molecule has 2 atom stereocenters. The summed E-state index contributed by atoms with van der Waals surface area (Å²) in [5.41, 5.74) is 1.11. The quantitative estimate of drug-likeness (QED) is 0.655. The summed E-state index contributed by atoms with van der Waals surface area (Å²) in [6.45, 7) is 4.38. The zero-order valence-electron chi connectivity index (χ0n) is 9.34. The van der Waals surface area contributed by atoms with Crippen molar-refractivity contribution in [2.75, 3.05) is 0 Å². The van der Waals surface area contributed by atoms with E-state index in [0.29, 0.717) is 5.92 Å². The smallest absolute Gasteiger partial charge is 0.123 e. The van der Waals surface area contributed by atoms with Gasteiger partial charge in [0, 0.05) is 5.38 Å². The van der Waals surface area contributed by atoms with Crippen LogP contribution in [-0.2, 0) is 6.42 Å². The third-order valence-electron chi connectivity index (χ3n) is 2.73. The van der Waals surface area contributed by atoms with Crippen LogP contribution in [0.5, 0.6) is 0 Å². The van der Waals surface area contributed by atoms with Crippen molar-refractivity contribution in [1.29, 1.82) is 0 Å². The van der Waals surface area contributed by atoms with Gasteiger partial charge in [0.2, 0.25) is 0 Å². The molecule has 2 unspecified atom stereocenters. The predicted molar refractivity (Wildman–Crippen MR) is 63.8 cm³/mol. The molecule has 1 aromatic carbocycles. The van der Waals surface area contributed by atoms with E-state index in [2.05, 4.69) is 13.8 Å². The van der Waals surface area contributed by atoms with E-state index >= 15 is 0 Å². The van der Waals surface area contributed by atoms with Crippen LogP contribution in [0.25, 0.3) is 0 Å². The molecule has 15 heavy (non-hydrogen) atoms. The summed E-state index contributed by atoms with van der Waals surface area (Å²) >= 11 is 6.24. The molecule has 0 bridgehead atoms. The van der Waals surface area contributed by atoms with Crippen LogP contribution in [0.1, 0.15) is 32.3 Å². The van der Waals surface area contributed by atoms with Crippen LogP contribution >= 0.6 is 11.6 Å². The molecule has 0 saturated heterocycles. The Morgan fingerprint density at radius 3 is 2.40 bits per heavy atom. The molecule has 0 spiro atoms. The zero-order chi connectivity index (χ0) is 11.3. The fourth-order valence-corrected chi connectivity index (χ4v) is 2.05. The van der Waals surface area contributed by atoms with E-state index in [1.165, 1.54) is 12.1 Å². The molecule has 0 saturated carbocycles. The predicted octanol–water partition coefficient (Wildman–Crippen LogP) is 4.41. The van der Waals surface area contributed by atoms with Crippen LogP contribution in [0.3, 0.4) is 0 Å². The maximum Gasteiger partial charge on any atom is 0.123 e. The summed E-state index contributed by atoms with van der Waals surface area (Å²) in [7, 11) is 0. The topological polar surface area (TPSA) is 0 Å². The molecule has 1 aromatic rings. The first-order valence-corrected chi connectivity index (χ1v) is 5.94. The summed E-state index contributed by atoms with van der Waals surface area (Å²) < 4.78 is 12.7. The van der Waals surface area contributed by atoms with Gasteiger partial charge in [0.1, 0.15) is 5.82 Å². The Hall–Kier alpha value is -0.560. The Kier molecular flexibility index (Phi) is 5.10. The minimum atomic E-state index is -0.188. The molecule has 0 aromatic heterocycles. The van der Waals surface area contributed by atoms with Crippen molar-refractivity contribution in [3.05, 3.63) is 35.6 Å². The fraction of sp³-hybridized carbons (Fsp3) is 0.538. The highest BCUT2D eigenvalue weighted by Crippen LogP contribution is 2.18. The summed E-state index contributed by atoms with van der Waals surface area (Å²) in [4.78, 5) is 0. The third-order valence-corrected chi connectivity index (χ3v) is 3.06. The van der Waals surface area contributed by atoms with Gasteiger partial charge >= 0.3 is 0 Å². The first-order chi connectivity index (χ1) is 7.11. The molecule has 0 nitrogen and oxygen atoms in total. The van der Waals surface area contributed by atoms with Gasteiger partial charge in [0.25, 0.3) is 0 Å². The van der Waals surface area contributed by atoms with Crippen LogP contribution in [0.4, 0.5) is 4.39 Å². The monoisotopic (exact) mass is 228 g/mol. The largest absolute Gasteiger partial charge is 0.207 e. The Morgan fingerprint density at radius 1 is 1.27 bits per heavy atom. The van der Waals surface area contributed by atoms with Gasteiger partial charge in [-0.2, -0.15) is 0 Å². The first-order valence-electron chi connectivity index (χ1n) is 5.50. The van der Waals surface area contributed by atoms with Crippen LogP contribution in [-0.4, -0.2) is 5.38 Å². The minimum absolute atomic E-state index is 0.158. The van der Waals surface area contributed by atoms with Crippen molar-refractivity contribution < 1.29 is 4.39 Å².